The van der Waals surface area contributed by atoms with Gasteiger partial charge in [0.15, 0.2) is 5.69 Å². The molecule has 0 fully saturated rings. The van der Waals surface area contributed by atoms with Crippen LogP contribution >= 0.6 is 0 Å². The van der Waals surface area contributed by atoms with E-state index in [2.05, 4.69) is 20.8 Å². The molecule has 0 amide bonds. The van der Waals surface area contributed by atoms with Gasteiger partial charge in [0.25, 0.3) is 0 Å². The molecule has 7 heteroatoms. The Morgan fingerprint density at radius 1 is 0.943 bits per heavy atom. The van der Waals surface area contributed by atoms with Crippen LogP contribution in [-0.4, -0.2) is 31.3 Å². The number of hydrogen-bond donors (Lipinski definition) is 2. The number of aromatic nitrogens is 2. The van der Waals surface area contributed by atoms with E-state index in [0.29, 0.717) is 35.7 Å². The van der Waals surface area contributed by atoms with Gasteiger partial charge in [-0.05, 0) is 47.9 Å². The lowest BCUT2D eigenvalue weighted by Gasteiger charge is -2.12. The van der Waals surface area contributed by atoms with Gasteiger partial charge in [0.2, 0.25) is 0 Å². The summed E-state index contributed by atoms with van der Waals surface area (Å²) in [5.41, 5.74) is 2.35. The molecule has 0 saturated heterocycles. The highest BCUT2D eigenvalue weighted by Gasteiger charge is 2.25. The highest BCUT2D eigenvalue weighted by atomic mass is 16.4. The maximum atomic E-state index is 13.4. The summed E-state index contributed by atoms with van der Waals surface area (Å²) in [6.07, 6.45) is 3.79. The Hall–Kier alpha value is -3.61. The van der Waals surface area contributed by atoms with E-state index in [4.69, 9.17) is 0 Å². The van der Waals surface area contributed by atoms with Crippen molar-refractivity contribution in [1.29, 1.82) is 0 Å². The molecule has 3 aromatic rings. The van der Waals surface area contributed by atoms with E-state index in [9.17, 15) is 24.6 Å². The molecule has 0 bridgehead atoms. The van der Waals surface area contributed by atoms with Gasteiger partial charge in [0, 0.05) is 6.54 Å². The number of rotatable bonds is 12. The Bertz CT molecular complexity index is 1240. The third-order valence-corrected chi connectivity index (χ3v) is 6.22. The van der Waals surface area contributed by atoms with Gasteiger partial charge in [-0.3, -0.25) is 9.13 Å². The Morgan fingerprint density at radius 3 is 2.26 bits per heavy atom. The lowest BCUT2D eigenvalue weighted by atomic mass is 9.97. The average Bonchev–Trinajstić information content (AvgIpc) is 3.09. The Labute approximate surface area is 205 Å². The van der Waals surface area contributed by atoms with E-state index in [0.717, 1.165) is 31.2 Å². The summed E-state index contributed by atoms with van der Waals surface area (Å²) >= 11 is 0. The molecular weight excluding hydrogens is 444 g/mol. The van der Waals surface area contributed by atoms with Gasteiger partial charge in [0.1, 0.15) is 0 Å². The number of unbranched alkanes of at least 4 members (excludes halogenated alkanes) is 2. The number of nitrogens with zero attached hydrogens (tertiary/aromatic N) is 2. The van der Waals surface area contributed by atoms with Crippen LogP contribution in [0.3, 0.4) is 0 Å². The number of aromatic carboxylic acids is 2. The lowest BCUT2D eigenvalue weighted by molar-refractivity contribution is 0.0677. The zero-order valence-electron chi connectivity index (χ0n) is 20.7. The van der Waals surface area contributed by atoms with E-state index in [1.165, 1.54) is 9.13 Å². The molecule has 0 unspecified atom stereocenters. The number of carbonyl (C=O) groups is 2. The number of carboxylic acid groups (broad SMARTS) is 2. The molecule has 0 saturated carbocycles. The number of hydrogen-bond acceptors (Lipinski definition) is 3. The Morgan fingerprint density at radius 2 is 1.66 bits per heavy atom. The second-order valence-corrected chi connectivity index (χ2v) is 9.31. The number of benzene rings is 2. The van der Waals surface area contributed by atoms with Crippen LogP contribution in [-0.2, 0) is 19.5 Å². The fourth-order valence-electron chi connectivity index (χ4n) is 4.37. The Balaban J connectivity index is 2.09. The fourth-order valence-corrected chi connectivity index (χ4v) is 4.37. The molecule has 186 valence electrons. The third-order valence-electron chi connectivity index (χ3n) is 6.22. The molecular formula is C28H34N2O5. The predicted octanol–water partition coefficient (Wildman–Crippen LogP) is 5.54. The van der Waals surface area contributed by atoms with Crippen LogP contribution in [0.5, 0.6) is 0 Å². The second kappa shape index (κ2) is 11.7. The molecule has 0 aliphatic heterocycles. The van der Waals surface area contributed by atoms with Crippen LogP contribution in [0.2, 0.25) is 0 Å². The van der Waals surface area contributed by atoms with Crippen LogP contribution in [0, 0.1) is 5.92 Å². The molecule has 0 aliphatic rings. The zero-order chi connectivity index (χ0) is 25.5. The SMILES string of the molecule is CCCCCn1c(C(=O)O)c(CCC(C)C)n(Cc2ccc(-c3ccccc3)c(C(=O)O)c2)c1=O. The molecule has 1 heterocycles. The molecule has 2 aromatic carbocycles. The molecule has 1 aromatic heterocycles. The summed E-state index contributed by atoms with van der Waals surface area (Å²) in [7, 11) is 0. The fraction of sp³-hybridized carbons (Fsp3) is 0.393. The van der Waals surface area contributed by atoms with Gasteiger partial charge in [-0.25, -0.2) is 14.4 Å². The molecule has 0 aliphatic carbocycles. The van der Waals surface area contributed by atoms with Crippen LogP contribution in [0.15, 0.2) is 53.3 Å². The molecule has 0 atom stereocenters. The third kappa shape index (κ3) is 6.10. The van der Waals surface area contributed by atoms with Gasteiger partial charge in [0.05, 0.1) is 17.8 Å². The predicted molar refractivity (Wildman–Crippen MR) is 136 cm³/mol. The van der Waals surface area contributed by atoms with Crippen molar-refractivity contribution in [2.24, 2.45) is 5.92 Å². The van der Waals surface area contributed by atoms with Crippen molar-refractivity contribution in [2.75, 3.05) is 0 Å². The van der Waals surface area contributed by atoms with E-state index in [-0.39, 0.29) is 23.5 Å². The van der Waals surface area contributed by atoms with Gasteiger partial charge >= 0.3 is 17.6 Å². The molecule has 0 radical (unpaired) electrons. The van der Waals surface area contributed by atoms with Gasteiger partial charge < -0.3 is 10.2 Å². The Kier molecular flexibility index (Phi) is 8.68. The quantitative estimate of drug-likeness (QED) is 0.333. The average molecular weight is 479 g/mol. The van der Waals surface area contributed by atoms with Crippen molar-refractivity contribution >= 4 is 11.9 Å². The number of imidazole rings is 1. The lowest BCUT2D eigenvalue weighted by Crippen LogP contribution is -2.27. The van der Waals surface area contributed by atoms with Crippen molar-refractivity contribution in [3.8, 4) is 11.1 Å². The summed E-state index contributed by atoms with van der Waals surface area (Å²) in [4.78, 5) is 37.7. The summed E-state index contributed by atoms with van der Waals surface area (Å²) in [6, 6.07) is 14.4. The first-order chi connectivity index (χ1) is 16.7. The summed E-state index contributed by atoms with van der Waals surface area (Å²) in [5.74, 6) is -1.82. The first kappa shape index (κ1) is 26.0. The topological polar surface area (TPSA) is 102 Å². The highest BCUT2D eigenvalue weighted by Crippen LogP contribution is 2.26. The molecule has 3 rings (SSSR count). The van der Waals surface area contributed by atoms with Crippen molar-refractivity contribution in [1.82, 2.24) is 9.13 Å². The monoisotopic (exact) mass is 478 g/mol. The van der Waals surface area contributed by atoms with Crippen molar-refractivity contribution in [2.45, 2.75) is 66.0 Å². The second-order valence-electron chi connectivity index (χ2n) is 9.31. The summed E-state index contributed by atoms with van der Waals surface area (Å²) < 4.78 is 2.89. The largest absolute Gasteiger partial charge is 0.478 e. The maximum absolute atomic E-state index is 13.4. The van der Waals surface area contributed by atoms with E-state index in [1.807, 2.05) is 36.4 Å². The van der Waals surface area contributed by atoms with Crippen LogP contribution < -0.4 is 5.69 Å². The van der Waals surface area contributed by atoms with Crippen LogP contribution in [0.25, 0.3) is 11.1 Å². The first-order valence-corrected chi connectivity index (χ1v) is 12.2. The summed E-state index contributed by atoms with van der Waals surface area (Å²) in [5, 5.41) is 19.9. The van der Waals surface area contributed by atoms with Crippen molar-refractivity contribution < 1.29 is 19.8 Å². The van der Waals surface area contributed by atoms with Gasteiger partial charge in [-0.2, -0.15) is 0 Å². The minimum absolute atomic E-state index is 0.0473. The molecule has 35 heavy (non-hydrogen) atoms. The normalized spacial score (nSPS) is 11.2. The summed E-state index contributed by atoms with van der Waals surface area (Å²) in [6.45, 7) is 6.64. The van der Waals surface area contributed by atoms with Crippen molar-refractivity contribution in [3.05, 3.63) is 81.5 Å². The van der Waals surface area contributed by atoms with E-state index < -0.39 is 11.9 Å². The molecule has 0 spiro atoms. The standard InChI is InChI=1S/C28H34N2O5/c1-4-5-9-16-29-25(27(33)34)24(15-12-19(2)3)30(28(29)35)18-20-13-14-22(23(17-20)26(31)32)21-10-7-6-8-11-21/h6-8,10-11,13-14,17,19H,4-5,9,12,15-16,18H2,1-3H3,(H,31,32)(H,33,34). The van der Waals surface area contributed by atoms with Gasteiger partial charge in [-0.1, -0.05) is 76.1 Å². The zero-order valence-corrected chi connectivity index (χ0v) is 20.7. The minimum atomic E-state index is -1.11. The maximum Gasteiger partial charge on any atom is 0.354 e. The number of carboxylic acids is 2. The van der Waals surface area contributed by atoms with Gasteiger partial charge in [-0.15, -0.1) is 0 Å². The molecule has 7 nitrogen and oxygen atoms in total. The smallest absolute Gasteiger partial charge is 0.354 e. The van der Waals surface area contributed by atoms with E-state index in [1.54, 1.807) is 12.1 Å². The van der Waals surface area contributed by atoms with Crippen molar-refractivity contribution in [3.63, 3.8) is 0 Å². The van der Waals surface area contributed by atoms with Crippen LogP contribution in [0.1, 0.15) is 78.6 Å². The first-order valence-electron chi connectivity index (χ1n) is 12.2. The van der Waals surface area contributed by atoms with E-state index >= 15 is 0 Å². The minimum Gasteiger partial charge on any atom is -0.478 e. The van der Waals surface area contributed by atoms with Crippen LogP contribution in [0.4, 0.5) is 0 Å². The molecule has 2 N–H and O–H groups in total. The highest BCUT2D eigenvalue weighted by molar-refractivity contribution is 5.96.